The topological polar surface area (TPSA) is 91.0 Å². The molecule has 2 N–H and O–H groups in total. The van der Waals surface area contributed by atoms with Crippen molar-refractivity contribution in [1.82, 2.24) is 20.4 Å². The molecule has 0 aliphatic carbocycles. The molecule has 0 spiro atoms. The minimum absolute atomic E-state index is 0.0572. The lowest BCUT2D eigenvalue weighted by Crippen LogP contribution is -2.57. The van der Waals surface area contributed by atoms with Gasteiger partial charge < -0.3 is 15.4 Å². The summed E-state index contributed by atoms with van der Waals surface area (Å²) in [5.41, 5.74) is 0. The Kier molecular flexibility index (Phi) is 4.91. The van der Waals surface area contributed by atoms with Crippen LogP contribution in [-0.4, -0.2) is 79.6 Å². The summed E-state index contributed by atoms with van der Waals surface area (Å²) in [6, 6.07) is -0.720. The third-order valence-corrected chi connectivity index (χ3v) is 3.46. The number of rotatable bonds is 5. The molecule has 2 rings (SSSR count). The lowest BCUT2D eigenvalue weighted by Gasteiger charge is -2.34. The van der Waals surface area contributed by atoms with E-state index in [9.17, 15) is 14.4 Å². The first-order valence-corrected chi connectivity index (χ1v) is 6.83. The van der Waals surface area contributed by atoms with Crippen molar-refractivity contribution in [3.05, 3.63) is 0 Å². The van der Waals surface area contributed by atoms with E-state index in [1.165, 1.54) is 4.90 Å². The first-order chi connectivity index (χ1) is 9.63. The standard InChI is InChI=1S/C12H20N4O4/c1-2-20-11(18)9-7-13-3-4-15(9)5-6-16-10(17)8-14-12(16)19/h9,13H,2-8H2,1H3,(H,14,19). The number of amides is 3. The number of piperazine rings is 1. The fourth-order valence-electron chi connectivity index (χ4n) is 2.39. The normalized spacial score (nSPS) is 23.9. The van der Waals surface area contributed by atoms with E-state index in [2.05, 4.69) is 10.6 Å². The Morgan fingerprint density at radius 1 is 1.40 bits per heavy atom. The second kappa shape index (κ2) is 6.67. The van der Waals surface area contributed by atoms with Crippen molar-refractivity contribution < 1.29 is 19.1 Å². The predicted molar refractivity (Wildman–Crippen MR) is 70.0 cm³/mol. The van der Waals surface area contributed by atoms with Crippen molar-refractivity contribution in [2.75, 3.05) is 45.9 Å². The zero-order chi connectivity index (χ0) is 14.5. The molecule has 0 aromatic heterocycles. The minimum Gasteiger partial charge on any atom is -0.465 e. The van der Waals surface area contributed by atoms with Crippen LogP contribution in [0.25, 0.3) is 0 Å². The first kappa shape index (κ1) is 14.7. The van der Waals surface area contributed by atoms with Gasteiger partial charge in [0.1, 0.15) is 6.04 Å². The monoisotopic (exact) mass is 284 g/mol. The first-order valence-electron chi connectivity index (χ1n) is 6.83. The van der Waals surface area contributed by atoms with Gasteiger partial charge in [0.2, 0.25) is 5.91 Å². The van der Waals surface area contributed by atoms with Gasteiger partial charge in [0.15, 0.2) is 0 Å². The highest BCUT2D eigenvalue weighted by Gasteiger charge is 2.32. The number of carbonyl (C=O) groups is 3. The van der Waals surface area contributed by atoms with Crippen LogP contribution in [0.5, 0.6) is 0 Å². The molecule has 8 heteroatoms. The predicted octanol–water partition coefficient (Wildman–Crippen LogP) is -1.62. The number of hydrogen-bond donors (Lipinski definition) is 2. The van der Waals surface area contributed by atoms with Crippen molar-refractivity contribution in [2.45, 2.75) is 13.0 Å². The van der Waals surface area contributed by atoms with Gasteiger partial charge in [-0.2, -0.15) is 0 Å². The highest BCUT2D eigenvalue weighted by atomic mass is 16.5. The maximum Gasteiger partial charge on any atom is 0.324 e. The lowest BCUT2D eigenvalue weighted by atomic mass is 10.2. The van der Waals surface area contributed by atoms with Gasteiger partial charge in [0.25, 0.3) is 0 Å². The SMILES string of the molecule is CCOC(=O)C1CNCCN1CCN1C(=O)CNC1=O. The zero-order valence-electron chi connectivity index (χ0n) is 11.6. The summed E-state index contributed by atoms with van der Waals surface area (Å²) in [5.74, 6) is -0.491. The number of hydrogen-bond acceptors (Lipinski definition) is 6. The highest BCUT2D eigenvalue weighted by molar-refractivity contribution is 6.01. The molecule has 112 valence electrons. The van der Waals surface area contributed by atoms with Crippen molar-refractivity contribution in [3.63, 3.8) is 0 Å². The number of esters is 1. The summed E-state index contributed by atoms with van der Waals surface area (Å²) in [7, 11) is 0. The Hall–Kier alpha value is -1.67. The van der Waals surface area contributed by atoms with Gasteiger partial charge >= 0.3 is 12.0 Å². The number of urea groups is 1. The van der Waals surface area contributed by atoms with Crippen molar-refractivity contribution in [1.29, 1.82) is 0 Å². The minimum atomic E-state index is -0.363. The highest BCUT2D eigenvalue weighted by Crippen LogP contribution is 2.07. The molecule has 2 aliphatic rings. The Labute approximate surface area is 117 Å². The molecule has 2 heterocycles. The molecule has 20 heavy (non-hydrogen) atoms. The second-order valence-electron chi connectivity index (χ2n) is 4.71. The molecule has 8 nitrogen and oxygen atoms in total. The summed E-state index contributed by atoms with van der Waals surface area (Å²) < 4.78 is 5.05. The largest absolute Gasteiger partial charge is 0.465 e. The summed E-state index contributed by atoms with van der Waals surface area (Å²) in [6.07, 6.45) is 0. The van der Waals surface area contributed by atoms with Crippen LogP contribution in [0.4, 0.5) is 4.79 Å². The number of nitrogens with zero attached hydrogens (tertiary/aromatic N) is 2. The van der Waals surface area contributed by atoms with Gasteiger partial charge in [0.05, 0.1) is 13.2 Å². The summed E-state index contributed by atoms with van der Waals surface area (Å²) in [6.45, 7) is 4.93. The van der Waals surface area contributed by atoms with E-state index in [0.717, 1.165) is 6.54 Å². The van der Waals surface area contributed by atoms with E-state index in [1.807, 2.05) is 4.90 Å². The maximum absolute atomic E-state index is 11.9. The van der Waals surface area contributed by atoms with Crippen LogP contribution < -0.4 is 10.6 Å². The van der Waals surface area contributed by atoms with Crippen molar-refractivity contribution in [3.8, 4) is 0 Å². The average molecular weight is 284 g/mol. The molecule has 0 radical (unpaired) electrons. The van der Waals surface area contributed by atoms with Crippen LogP contribution in [0, 0.1) is 0 Å². The van der Waals surface area contributed by atoms with Crippen LogP contribution in [0.2, 0.25) is 0 Å². The Bertz CT molecular complexity index is 385. The van der Waals surface area contributed by atoms with Crippen LogP contribution in [0.15, 0.2) is 0 Å². The van der Waals surface area contributed by atoms with E-state index in [1.54, 1.807) is 6.92 Å². The van der Waals surface area contributed by atoms with Crippen LogP contribution in [-0.2, 0) is 14.3 Å². The van der Waals surface area contributed by atoms with E-state index in [0.29, 0.717) is 32.8 Å². The number of nitrogens with one attached hydrogen (secondary N) is 2. The van der Waals surface area contributed by atoms with E-state index in [-0.39, 0.29) is 30.5 Å². The molecule has 1 atom stereocenters. The van der Waals surface area contributed by atoms with Crippen molar-refractivity contribution >= 4 is 17.9 Å². The summed E-state index contributed by atoms with van der Waals surface area (Å²) in [4.78, 5) is 37.9. The van der Waals surface area contributed by atoms with Gasteiger partial charge in [-0.3, -0.25) is 19.4 Å². The lowest BCUT2D eigenvalue weighted by molar-refractivity contribution is -0.150. The maximum atomic E-state index is 11.9. The van der Waals surface area contributed by atoms with Gasteiger partial charge in [-0.25, -0.2) is 4.79 Å². The molecule has 2 fully saturated rings. The Morgan fingerprint density at radius 3 is 2.85 bits per heavy atom. The quantitative estimate of drug-likeness (QED) is 0.465. The van der Waals surface area contributed by atoms with Gasteiger partial charge in [-0.1, -0.05) is 0 Å². The molecule has 1 unspecified atom stereocenters. The van der Waals surface area contributed by atoms with Gasteiger partial charge in [-0.15, -0.1) is 0 Å². The molecule has 0 aromatic carbocycles. The van der Waals surface area contributed by atoms with E-state index in [4.69, 9.17) is 4.74 Å². The molecule has 2 saturated heterocycles. The average Bonchev–Trinajstić information content (AvgIpc) is 2.76. The van der Waals surface area contributed by atoms with E-state index >= 15 is 0 Å². The number of carbonyl (C=O) groups excluding carboxylic acids is 3. The second-order valence-corrected chi connectivity index (χ2v) is 4.71. The third kappa shape index (κ3) is 3.26. The van der Waals surface area contributed by atoms with Gasteiger partial charge in [-0.05, 0) is 6.92 Å². The summed E-state index contributed by atoms with van der Waals surface area (Å²) in [5, 5.41) is 5.62. The zero-order valence-corrected chi connectivity index (χ0v) is 11.6. The smallest absolute Gasteiger partial charge is 0.324 e. The van der Waals surface area contributed by atoms with Crippen LogP contribution >= 0.6 is 0 Å². The number of imide groups is 1. The van der Waals surface area contributed by atoms with Gasteiger partial charge in [0, 0.05) is 32.7 Å². The number of ether oxygens (including phenoxy) is 1. The molecular formula is C12H20N4O4. The molecular weight excluding hydrogens is 264 g/mol. The Balaban J connectivity index is 1.90. The molecule has 0 saturated carbocycles. The fourth-order valence-corrected chi connectivity index (χ4v) is 2.39. The van der Waals surface area contributed by atoms with Crippen LogP contribution in [0.1, 0.15) is 6.92 Å². The molecule has 0 aromatic rings. The molecule has 0 bridgehead atoms. The van der Waals surface area contributed by atoms with Crippen molar-refractivity contribution in [2.24, 2.45) is 0 Å². The fraction of sp³-hybridized carbons (Fsp3) is 0.750. The third-order valence-electron chi connectivity index (χ3n) is 3.46. The summed E-state index contributed by atoms with van der Waals surface area (Å²) >= 11 is 0. The molecule has 2 aliphatic heterocycles. The molecule has 3 amide bonds. The van der Waals surface area contributed by atoms with Crippen LogP contribution in [0.3, 0.4) is 0 Å². The Morgan fingerprint density at radius 2 is 2.20 bits per heavy atom. The van der Waals surface area contributed by atoms with E-state index < -0.39 is 0 Å².